The summed E-state index contributed by atoms with van der Waals surface area (Å²) in [4.78, 5) is 3.78. The average Bonchev–Trinajstić information content (AvgIpc) is 2.67. The summed E-state index contributed by atoms with van der Waals surface area (Å²) in [6.07, 6.45) is -0.148. The maximum Gasteiger partial charge on any atom is 0.416 e. The Balaban J connectivity index is 1.64. The van der Waals surface area contributed by atoms with Crippen molar-refractivity contribution in [1.82, 2.24) is 9.80 Å². The van der Waals surface area contributed by atoms with Gasteiger partial charge in [0.1, 0.15) is 11.4 Å². The van der Waals surface area contributed by atoms with Crippen molar-refractivity contribution in [3.05, 3.63) is 35.4 Å². The van der Waals surface area contributed by atoms with E-state index in [0.29, 0.717) is 11.5 Å². The monoisotopic (exact) mass is 394 g/mol. The first-order valence-corrected chi connectivity index (χ1v) is 9.42. The third-order valence-corrected chi connectivity index (χ3v) is 5.75. The zero-order valence-electron chi connectivity index (χ0n) is 16.1. The number of nitrogens with one attached hydrogen (secondary N) is 1. The van der Waals surface area contributed by atoms with Gasteiger partial charge in [-0.15, -0.1) is 0 Å². The minimum absolute atomic E-state index is 0.0195. The fourth-order valence-corrected chi connectivity index (χ4v) is 3.93. The molecule has 0 amide bonds. The molecule has 1 atom stereocenters. The highest BCUT2D eigenvalue weighted by Crippen LogP contribution is 2.33. The van der Waals surface area contributed by atoms with Crippen molar-refractivity contribution in [3.63, 3.8) is 0 Å². The summed E-state index contributed by atoms with van der Waals surface area (Å²) < 4.78 is 43.9. The summed E-state index contributed by atoms with van der Waals surface area (Å²) in [5.74, 6) is 0.483. The van der Waals surface area contributed by atoms with Crippen molar-refractivity contribution in [3.8, 4) is 6.19 Å². The lowest BCUT2D eigenvalue weighted by Gasteiger charge is -2.48. The predicted octanol–water partition coefficient (Wildman–Crippen LogP) is 3.86. The number of nitriles is 1. The van der Waals surface area contributed by atoms with Gasteiger partial charge in [0.05, 0.1) is 18.2 Å². The topological polar surface area (TPSA) is 63.4 Å². The summed E-state index contributed by atoms with van der Waals surface area (Å²) in [6, 6.07) is 4.77. The van der Waals surface area contributed by atoms with Crippen molar-refractivity contribution < 1.29 is 17.9 Å². The molecule has 3 saturated heterocycles. The van der Waals surface area contributed by atoms with Crippen LogP contribution in [0.3, 0.4) is 0 Å². The zero-order chi connectivity index (χ0) is 20.5. The molecule has 3 aliphatic rings. The number of fused-ring (bicyclic) bond motifs is 3. The van der Waals surface area contributed by atoms with Gasteiger partial charge in [0.15, 0.2) is 6.19 Å². The van der Waals surface area contributed by atoms with Gasteiger partial charge in [0, 0.05) is 6.54 Å². The number of halogens is 3. The van der Waals surface area contributed by atoms with Gasteiger partial charge < -0.3 is 9.64 Å². The molecule has 0 aliphatic carbocycles. The van der Waals surface area contributed by atoms with Gasteiger partial charge in [-0.3, -0.25) is 10.3 Å². The minimum Gasteiger partial charge on any atom is -0.363 e. The lowest BCUT2D eigenvalue weighted by molar-refractivity contribution is -0.137. The SMILES string of the molecule is CC(C)(OCc1ccc(C(F)(F)F)cc1)C(=N)N(C#N)C1CN2CCC1CC2. The summed E-state index contributed by atoms with van der Waals surface area (Å²) >= 11 is 0. The van der Waals surface area contributed by atoms with E-state index < -0.39 is 17.3 Å². The summed E-state index contributed by atoms with van der Waals surface area (Å²) in [5.41, 5.74) is -1.16. The zero-order valence-corrected chi connectivity index (χ0v) is 16.1. The van der Waals surface area contributed by atoms with Gasteiger partial charge in [-0.1, -0.05) is 12.1 Å². The van der Waals surface area contributed by atoms with Crippen LogP contribution in [0.15, 0.2) is 24.3 Å². The van der Waals surface area contributed by atoms with Crippen LogP contribution in [-0.4, -0.2) is 46.9 Å². The second-order valence-electron chi connectivity index (χ2n) is 8.02. The fraction of sp³-hybridized carbons (Fsp3) is 0.600. The van der Waals surface area contributed by atoms with Crippen molar-refractivity contribution in [2.24, 2.45) is 5.92 Å². The Kier molecular flexibility index (Phi) is 5.69. The molecule has 1 unspecified atom stereocenters. The number of hydrogen-bond acceptors (Lipinski definition) is 4. The maximum absolute atomic E-state index is 12.7. The lowest BCUT2D eigenvalue weighted by atomic mass is 9.82. The van der Waals surface area contributed by atoms with Crippen LogP contribution < -0.4 is 0 Å². The van der Waals surface area contributed by atoms with Crippen molar-refractivity contribution in [1.29, 1.82) is 10.7 Å². The first-order chi connectivity index (χ1) is 13.1. The van der Waals surface area contributed by atoms with Crippen LogP contribution in [0.1, 0.15) is 37.8 Å². The number of alkyl halides is 3. The van der Waals surface area contributed by atoms with Gasteiger partial charge >= 0.3 is 6.18 Å². The highest BCUT2D eigenvalue weighted by atomic mass is 19.4. The number of benzene rings is 1. The molecule has 3 fully saturated rings. The van der Waals surface area contributed by atoms with Gasteiger partial charge in [-0.2, -0.15) is 18.4 Å². The number of nitrogens with zero attached hydrogens (tertiary/aromatic N) is 3. The molecule has 4 rings (SSSR count). The van der Waals surface area contributed by atoms with E-state index in [9.17, 15) is 18.4 Å². The molecule has 3 aliphatic heterocycles. The van der Waals surface area contributed by atoms with Gasteiger partial charge in [0.25, 0.3) is 0 Å². The van der Waals surface area contributed by atoms with E-state index in [1.165, 1.54) is 17.0 Å². The Bertz CT molecular complexity index is 746. The molecule has 28 heavy (non-hydrogen) atoms. The third kappa shape index (κ3) is 4.31. The molecule has 0 aromatic heterocycles. The molecule has 1 aromatic carbocycles. The summed E-state index contributed by atoms with van der Waals surface area (Å²) in [7, 11) is 0. The molecule has 3 heterocycles. The van der Waals surface area contributed by atoms with Crippen LogP contribution in [0.5, 0.6) is 0 Å². The molecule has 0 radical (unpaired) electrons. The van der Waals surface area contributed by atoms with Crippen LogP contribution in [0, 0.1) is 22.8 Å². The summed E-state index contributed by atoms with van der Waals surface area (Å²) in [6.45, 7) is 6.35. The molecule has 2 bridgehead atoms. The Hall–Kier alpha value is -2.11. The molecular weight excluding hydrogens is 369 g/mol. The molecule has 1 N–H and O–H groups in total. The number of amidine groups is 1. The van der Waals surface area contributed by atoms with Crippen LogP contribution in [0.2, 0.25) is 0 Å². The lowest BCUT2D eigenvalue weighted by Crippen LogP contribution is -2.60. The Labute approximate surface area is 163 Å². The highest BCUT2D eigenvalue weighted by Gasteiger charge is 2.42. The smallest absolute Gasteiger partial charge is 0.363 e. The fourth-order valence-electron chi connectivity index (χ4n) is 3.93. The molecule has 8 heteroatoms. The predicted molar refractivity (Wildman–Crippen MR) is 98.4 cm³/mol. The maximum atomic E-state index is 12.7. The van der Waals surface area contributed by atoms with Gasteiger partial charge in [0.2, 0.25) is 0 Å². The Morgan fingerprint density at radius 3 is 2.32 bits per heavy atom. The number of piperidine rings is 3. The standard InChI is InChI=1S/C20H25F3N4O/c1-19(2,28-12-14-3-5-16(6-4-14)20(21,22)23)18(25)27(13-24)17-11-26-9-7-15(17)8-10-26/h3-6,15,17,25H,7-12H2,1-2H3. The van der Waals surface area contributed by atoms with E-state index >= 15 is 0 Å². The van der Waals surface area contributed by atoms with E-state index in [1.54, 1.807) is 13.8 Å². The minimum atomic E-state index is -4.37. The largest absolute Gasteiger partial charge is 0.416 e. The second-order valence-corrected chi connectivity index (χ2v) is 8.02. The first kappa shape index (κ1) is 20.6. The molecule has 5 nitrogen and oxygen atoms in total. The van der Waals surface area contributed by atoms with Crippen LogP contribution in [-0.2, 0) is 17.5 Å². The number of rotatable bonds is 5. The van der Waals surface area contributed by atoms with Crippen molar-refractivity contribution in [2.75, 3.05) is 19.6 Å². The molecule has 152 valence electrons. The average molecular weight is 394 g/mol. The quantitative estimate of drug-likeness (QED) is 0.357. The Morgan fingerprint density at radius 2 is 1.86 bits per heavy atom. The van der Waals surface area contributed by atoms with E-state index in [2.05, 4.69) is 11.1 Å². The van der Waals surface area contributed by atoms with E-state index in [0.717, 1.165) is 44.6 Å². The Morgan fingerprint density at radius 1 is 1.25 bits per heavy atom. The first-order valence-electron chi connectivity index (χ1n) is 9.42. The third-order valence-electron chi connectivity index (χ3n) is 5.75. The molecule has 1 aromatic rings. The van der Waals surface area contributed by atoms with E-state index in [-0.39, 0.29) is 18.5 Å². The van der Waals surface area contributed by atoms with Crippen LogP contribution in [0.25, 0.3) is 0 Å². The normalized spacial score (nSPS) is 24.6. The van der Waals surface area contributed by atoms with Gasteiger partial charge in [-0.25, -0.2) is 0 Å². The number of hydrogen-bond donors (Lipinski definition) is 1. The van der Waals surface area contributed by atoms with Crippen molar-refractivity contribution >= 4 is 5.84 Å². The summed E-state index contributed by atoms with van der Waals surface area (Å²) in [5, 5.41) is 18.2. The molecule has 0 saturated carbocycles. The molecular formula is C20H25F3N4O. The van der Waals surface area contributed by atoms with Crippen LogP contribution in [0.4, 0.5) is 13.2 Å². The highest BCUT2D eigenvalue weighted by molar-refractivity contribution is 5.88. The molecule has 0 spiro atoms. The second kappa shape index (κ2) is 7.72. The van der Waals surface area contributed by atoms with E-state index in [1.807, 2.05) is 0 Å². The van der Waals surface area contributed by atoms with Crippen molar-refractivity contribution in [2.45, 2.75) is 51.1 Å². The van der Waals surface area contributed by atoms with Gasteiger partial charge in [-0.05, 0) is 63.4 Å². The van der Waals surface area contributed by atoms with Crippen LogP contribution >= 0.6 is 0 Å². The number of ether oxygens (including phenoxy) is 1. The van der Waals surface area contributed by atoms with E-state index in [4.69, 9.17) is 10.1 Å².